The molecule has 20 heavy (non-hydrogen) atoms. The molecule has 7 nitrogen and oxygen atoms in total. The quantitative estimate of drug-likeness (QED) is 0.632. The Labute approximate surface area is 123 Å². The van der Waals surface area contributed by atoms with Gasteiger partial charge >= 0.3 is 0 Å². The standard InChI is InChI=1S/C12H12BrN5O2/c13-10-2-1-9(5-11(10)18(19)20)6-16-3-4-17-8-14-15-12(17)7-16/h1-2,5,8H,3-4,6-7H2. The van der Waals surface area contributed by atoms with Gasteiger partial charge in [0.25, 0.3) is 5.69 Å². The van der Waals surface area contributed by atoms with Crippen LogP contribution in [0.2, 0.25) is 0 Å². The Morgan fingerprint density at radius 3 is 3.05 bits per heavy atom. The molecule has 0 amide bonds. The zero-order valence-electron chi connectivity index (χ0n) is 10.6. The summed E-state index contributed by atoms with van der Waals surface area (Å²) in [5, 5.41) is 18.9. The van der Waals surface area contributed by atoms with Crippen molar-refractivity contribution in [2.45, 2.75) is 19.6 Å². The van der Waals surface area contributed by atoms with E-state index in [2.05, 4.69) is 31.0 Å². The maximum Gasteiger partial charge on any atom is 0.283 e. The van der Waals surface area contributed by atoms with Crippen molar-refractivity contribution in [3.63, 3.8) is 0 Å². The molecule has 0 fully saturated rings. The molecule has 0 saturated heterocycles. The van der Waals surface area contributed by atoms with Crippen LogP contribution in [0.25, 0.3) is 0 Å². The van der Waals surface area contributed by atoms with Crippen molar-refractivity contribution in [2.24, 2.45) is 0 Å². The summed E-state index contributed by atoms with van der Waals surface area (Å²) in [7, 11) is 0. The highest BCUT2D eigenvalue weighted by Gasteiger charge is 2.19. The number of halogens is 1. The first-order chi connectivity index (χ1) is 9.63. The molecule has 0 N–H and O–H groups in total. The number of hydrogen-bond donors (Lipinski definition) is 0. The average molecular weight is 338 g/mol. The molecule has 0 unspecified atom stereocenters. The Kier molecular flexibility index (Phi) is 3.49. The number of nitro benzene ring substituents is 1. The highest BCUT2D eigenvalue weighted by molar-refractivity contribution is 9.10. The predicted molar refractivity (Wildman–Crippen MR) is 74.9 cm³/mol. The molecule has 0 aliphatic carbocycles. The van der Waals surface area contributed by atoms with Gasteiger partial charge in [-0.25, -0.2) is 0 Å². The molecule has 3 rings (SSSR count). The van der Waals surface area contributed by atoms with Crippen LogP contribution in [-0.2, 0) is 19.6 Å². The first-order valence-electron chi connectivity index (χ1n) is 6.15. The van der Waals surface area contributed by atoms with Crippen molar-refractivity contribution in [3.8, 4) is 0 Å². The number of fused-ring (bicyclic) bond motifs is 1. The van der Waals surface area contributed by atoms with Crippen molar-refractivity contribution in [3.05, 3.63) is 50.5 Å². The van der Waals surface area contributed by atoms with Crippen molar-refractivity contribution in [1.82, 2.24) is 19.7 Å². The fraction of sp³-hybridized carbons (Fsp3) is 0.333. The zero-order valence-corrected chi connectivity index (χ0v) is 12.2. The van der Waals surface area contributed by atoms with E-state index in [1.807, 2.05) is 10.6 Å². The van der Waals surface area contributed by atoms with Crippen LogP contribution in [0.3, 0.4) is 0 Å². The molecule has 1 aliphatic rings. The normalized spacial score (nSPS) is 15.1. The Morgan fingerprint density at radius 1 is 1.40 bits per heavy atom. The zero-order chi connectivity index (χ0) is 14.1. The molecule has 2 heterocycles. The topological polar surface area (TPSA) is 77.1 Å². The molecular formula is C12H12BrN5O2. The predicted octanol–water partition coefficient (Wildman–Crippen LogP) is 1.96. The van der Waals surface area contributed by atoms with Crippen LogP contribution in [0.4, 0.5) is 5.69 Å². The third-order valence-corrected chi connectivity index (χ3v) is 4.00. The van der Waals surface area contributed by atoms with Crippen LogP contribution in [0.1, 0.15) is 11.4 Å². The highest BCUT2D eigenvalue weighted by Crippen LogP contribution is 2.26. The van der Waals surface area contributed by atoms with E-state index < -0.39 is 0 Å². The van der Waals surface area contributed by atoms with E-state index in [4.69, 9.17) is 0 Å². The van der Waals surface area contributed by atoms with E-state index in [0.29, 0.717) is 17.6 Å². The number of benzene rings is 1. The molecule has 0 bridgehead atoms. The summed E-state index contributed by atoms with van der Waals surface area (Å²) < 4.78 is 2.53. The second-order valence-electron chi connectivity index (χ2n) is 4.69. The summed E-state index contributed by atoms with van der Waals surface area (Å²) in [6.45, 7) is 3.11. The lowest BCUT2D eigenvalue weighted by molar-refractivity contribution is -0.385. The first-order valence-corrected chi connectivity index (χ1v) is 6.94. The van der Waals surface area contributed by atoms with E-state index >= 15 is 0 Å². The van der Waals surface area contributed by atoms with Gasteiger partial charge in [0.1, 0.15) is 12.2 Å². The molecular weight excluding hydrogens is 326 g/mol. The van der Waals surface area contributed by atoms with Crippen LogP contribution in [0.5, 0.6) is 0 Å². The van der Waals surface area contributed by atoms with E-state index in [9.17, 15) is 10.1 Å². The van der Waals surface area contributed by atoms with Gasteiger partial charge in [0.15, 0.2) is 0 Å². The maximum atomic E-state index is 10.9. The average Bonchev–Trinajstić information content (AvgIpc) is 2.88. The number of rotatable bonds is 3. The third kappa shape index (κ3) is 2.56. The van der Waals surface area contributed by atoms with Gasteiger partial charge in [0, 0.05) is 25.7 Å². The summed E-state index contributed by atoms with van der Waals surface area (Å²) in [4.78, 5) is 12.8. The number of nitro groups is 1. The third-order valence-electron chi connectivity index (χ3n) is 3.33. The smallest absolute Gasteiger partial charge is 0.283 e. The highest BCUT2D eigenvalue weighted by atomic mass is 79.9. The number of hydrogen-bond acceptors (Lipinski definition) is 5. The fourth-order valence-electron chi connectivity index (χ4n) is 2.31. The summed E-state index contributed by atoms with van der Waals surface area (Å²) in [5.41, 5.74) is 1.02. The van der Waals surface area contributed by atoms with Gasteiger partial charge in [-0.3, -0.25) is 15.0 Å². The SMILES string of the molecule is O=[N+]([O-])c1cc(CN2CCn3cnnc3C2)ccc1Br. The van der Waals surface area contributed by atoms with Gasteiger partial charge in [-0.15, -0.1) is 10.2 Å². The molecule has 1 aliphatic heterocycles. The Balaban J connectivity index is 1.76. The van der Waals surface area contributed by atoms with Crippen LogP contribution in [0.15, 0.2) is 29.0 Å². The van der Waals surface area contributed by atoms with Gasteiger partial charge in [0.05, 0.1) is 15.9 Å². The number of aromatic nitrogens is 3. The molecule has 0 spiro atoms. The maximum absolute atomic E-state index is 10.9. The van der Waals surface area contributed by atoms with Crippen molar-refractivity contribution < 1.29 is 4.92 Å². The van der Waals surface area contributed by atoms with Gasteiger partial charge < -0.3 is 4.57 Å². The summed E-state index contributed by atoms with van der Waals surface area (Å²) >= 11 is 3.20. The first kappa shape index (κ1) is 13.2. The minimum absolute atomic E-state index is 0.0997. The second kappa shape index (κ2) is 5.29. The fourth-order valence-corrected chi connectivity index (χ4v) is 2.70. The molecule has 0 saturated carbocycles. The lowest BCUT2D eigenvalue weighted by Gasteiger charge is -2.26. The minimum Gasteiger partial charge on any atom is -0.315 e. The van der Waals surface area contributed by atoms with Crippen LogP contribution in [-0.4, -0.2) is 31.1 Å². The van der Waals surface area contributed by atoms with E-state index in [-0.39, 0.29) is 10.6 Å². The largest absolute Gasteiger partial charge is 0.315 e. The molecule has 2 aromatic rings. The van der Waals surface area contributed by atoms with E-state index in [1.54, 1.807) is 18.5 Å². The van der Waals surface area contributed by atoms with Gasteiger partial charge in [-0.1, -0.05) is 6.07 Å². The van der Waals surface area contributed by atoms with E-state index in [0.717, 1.165) is 24.5 Å². The molecule has 8 heteroatoms. The summed E-state index contributed by atoms with van der Waals surface area (Å²) in [5.74, 6) is 0.933. The van der Waals surface area contributed by atoms with Gasteiger partial charge in [0.2, 0.25) is 0 Å². The Morgan fingerprint density at radius 2 is 2.25 bits per heavy atom. The molecule has 1 aromatic heterocycles. The van der Waals surface area contributed by atoms with Crippen molar-refractivity contribution in [2.75, 3.05) is 6.54 Å². The van der Waals surface area contributed by atoms with Crippen molar-refractivity contribution in [1.29, 1.82) is 0 Å². The summed E-state index contributed by atoms with van der Waals surface area (Å²) in [6.07, 6.45) is 1.73. The van der Waals surface area contributed by atoms with Crippen LogP contribution in [0, 0.1) is 10.1 Å². The molecule has 1 aromatic carbocycles. The van der Waals surface area contributed by atoms with Gasteiger partial charge in [-0.2, -0.15) is 0 Å². The van der Waals surface area contributed by atoms with Crippen LogP contribution < -0.4 is 0 Å². The second-order valence-corrected chi connectivity index (χ2v) is 5.55. The Hall–Kier alpha value is -1.80. The molecule has 0 atom stereocenters. The lowest BCUT2D eigenvalue weighted by Crippen LogP contribution is -2.33. The summed E-state index contributed by atoms with van der Waals surface area (Å²) in [6, 6.07) is 5.24. The van der Waals surface area contributed by atoms with E-state index in [1.165, 1.54) is 0 Å². The van der Waals surface area contributed by atoms with Gasteiger partial charge in [-0.05, 0) is 27.6 Å². The monoisotopic (exact) mass is 337 g/mol. The molecule has 104 valence electrons. The Bertz CT molecular complexity index is 657. The minimum atomic E-state index is -0.375. The van der Waals surface area contributed by atoms with Crippen molar-refractivity contribution >= 4 is 21.6 Å². The number of nitrogens with zero attached hydrogens (tertiary/aromatic N) is 5. The lowest BCUT2D eigenvalue weighted by atomic mass is 10.2. The molecule has 0 radical (unpaired) electrons. The van der Waals surface area contributed by atoms with Crippen LogP contribution >= 0.6 is 15.9 Å².